The molecule has 1 saturated heterocycles. The van der Waals surface area contributed by atoms with Crippen molar-refractivity contribution >= 4 is 16.3 Å². The number of aromatic nitrogens is 2. The molecular weight excluding hydrogens is 292 g/mol. The van der Waals surface area contributed by atoms with E-state index in [1.165, 1.54) is 11.3 Å². The quantitative estimate of drug-likeness (QED) is 0.861. The minimum absolute atomic E-state index is 0.0262. The Morgan fingerprint density at radius 1 is 1.57 bits per heavy atom. The maximum absolute atomic E-state index is 12.3. The summed E-state index contributed by atoms with van der Waals surface area (Å²) in [5.41, 5.74) is 0.260. The second kappa shape index (κ2) is 5.08. The molecule has 1 unspecified atom stereocenters. The molecule has 0 amide bonds. The Morgan fingerprint density at radius 2 is 2.33 bits per heavy atom. The standard InChI is InChI=1S/C14H18N2O4S/c1-4-10-11(17)15-5-6-21-13(15)16(12(10)18)7-9-8-19-14(2,3)20-9/h5-6,9H,4,7-8H2,1-3H3/p+1. The fourth-order valence-corrected chi connectivity index (χ4v) is 3.50. The predicted octanol–water partition coefficient (Wildman–Crippen LogP) is 1.07. The lowest BCUT2D eigenvalue weighted by Crippen LogP contribution is -2.45. The Balaban J connectivity index is 2.06. The van der Waals surface area contributed by atoms with Gasteiger partial charge in [0.15, 0.2) is 5.79 Å². The molecule has 1 aliphatic rings. The number of hydrogen-bond acceptors (Lipinski definition) is 5. The zero-order valence-corrected chi connectivity index (χ0v) is 13.1. The average molecular weight is 311 g/mol. The van der Waals surface area contributed by atoms with Crippen molar-refractivity contribution in [3.8, 4) is 5.88 Å². The van der Waals surface area contributed by atoms with Crippen LogP contribution in [-0.4, -0.2) is 28.0 Å². The molecule has 2 aromatic rings. The maximum Gasteiger partial charge on any atom is 0.351 e. The van der Waals surface area contributed by atoms with Crippen LogP contribution < -0.4 is 10.1 Å². The fourth-order valence-electron chi connectivity index (χ4n) is 2.65. The lowest BCUT2D eigenvalue weighted by atomic mass is 10.2. The zero-order chi connectivity index (χ0) is 15.2. The van der Waals surface area contributed by atoms with Crippen molar-refractivity contribution < 1.29 is 19.1 Å². The highest BCUT2D eigenvalue weighted by molar-refractivity contribution is 7.14. The molecule has 0 radical (unpaired) electrons. The number of fused-ring (bicyclic) bond motifs is 1. The van der Waals surface area contributed by atoms with Gasteiger partial charge >= 0.3 is 10.5 Å². The van der Waals surface area contributed by atoms with Gasteiger partial charge in [0.25, 0.3) is 5.88 Å². The highest BCUT2D eigenvalue weighted by Gasteiger charge is 2.36. The van der Waals surface area contributed by atoms with Crippen LogP contribution in [0, 0.1) is 0 Å². The molecule has 21 heavy (non-hydrogen) atoms. The highest BCUT2D eigenvalue weighted by Crippen LogP contribution is 2.23. The smallest absolute Gasteiger partial charge is 0.351 e. The van der Waals surface area contributed by atoms with Crippen LogP contribution in [0.5, 0.6) is 5.88 Å². The van der Waals surface area contributed by atoms with Gasteiger partial charge in [-0.25, -0.2) is 4.79 Å². The van der Waals surface area contributed by atoms with Crippen molar-refractivity contribution in [1.82, 2.24) is 4.40 Å². The van der Waals surface area contributed by atoms with Gasteiger partial charge in [0, 0.05) is 5.38 Å². The molecule has 0 spiro atoms. The fraction of sp³-hybridized carbons (Fsp3) is 0.571. The summed E-state index contributed by atoms with van der Waals surface area (Å²) in [6.07, 6.45) is 2.06. The van der Waals surface area contributed by atoms with Gasteiger partial charge in [-0.3, -0.25) is 0 Å². The molecule has 6 nitrogen and oxygen atoms in total. The van der Waals surface area contributed by atoms with E-state index < -0.39 is 5.79 Å². The summed E-state index contributed by atoms with van der Waals surface area (Å²) >= 11 is 1.41. The number of hydrogen-bond donors (Lipinski definition) is 1. The van der Waals surface area contributed by atoms with Crippen molar-refractivity contribution in [2.75, 3.05) is 6.61 Å². The summed E-state index contributed by atoms with van der Waals surface area (Å²) < 4.78 is 14.7. The molecular formula is C14H19N2O4S+. The van der Waals surface area contributed by atoms with Gasteiger partial charge in [-0.15, -0.1) is 0 Å². The molecule has 0 aromatic carbocycles. The molecule has 114 valence electrons. The minimum atomic E-state index is -0.603. The second-order valence-corrected chi connectivity index (χ2v) is 6.45. The molecule has 3 rings (SSSR count). The Bertz CT molecular complexity index is 734. The van der Waals surface area contributed by atoms with Crippen LogP contribution in [0.2, 0.25) is 0 Å². The summed E-state index contributed by atoms with van der Waals surface area (Å²) in [4.78, 5) is 13.0. The van der Waals surface area contributed by atoms with Crippen LogP contribution in [-0.2, 0) is 22.4 Å². The predicted molar refractivity (Wildman–Crippen MR) is 77.7 cm³/mol. The minimum Gasteiger partial charge on any atom is -0.477 e. The maximum atomic E-state index is 12.3. The number of rotatable bonds is 3. The molecule has 1 aliphatic heterocycles. The van der Waals surface area contributed by atoms with Gasteiger partial charge < -0.3 is 14.6 Å². The van der Waals surface area contributed by atoms with Gasteiger partial charge in [0.1, 0.15) is 24.4 Å². The molecule has 2 aromatic heterocycles. The summed E-state index contributed by atoms with van der Waals surface area (Å²) in [5.74, 6) is -0.576. The normalized spacial score (nSPS) is 21.2. The first-order chi connectivity index (χ1) is 9.93. The van der Waals surface area contributed by atoms with Crippen LogP contribution in [0.25, 0.3) is 4.96 Å². The number of thiazole rings is 1. The van der Waals surface area contributed by atoms with Crippen molar-refractivity contribution in [2.45, 2.75) is 45.6 Å². The topological polar surface area (TPSA) is 64.1 Å². The lowest BCUT2D eigenvalue weighted by Gasteiger charge is -2.16. The molecule has 1 N–H and O–H groups in total. The van der Waals surface area contributed by atoms with Crippen LogP contribution in [0.3, 0.4) is 0 Å². The first-order valence-corrected chi connectivity index (χ1v) is 7.86. The summed E-state index contributed by atoms with van der Waals surface area (Å²) in [6, 6.07) is 0. The third-order valence-corrected chi connectivity index (χ3v) is 4.52. The van der Waals surface area contributed by atoms with E-state index >= 15 is 0 Å². The molecule has 1 atom stereocenters. The first-order valence-electron chi connectivity index (χ1n) is 6.98. The van der Waals surface area contributed by atoms with Crippen LogP contribution in [0.15, 0.2) is 16.4 Å². The van der Waals surface area contributed by atoms with E-state index in [9.17, 15) is 9.90 Å². The van der Waals surface area contributed by atoms with E-state index in [0.29, 0.717) is 30.1 Å². The van der Waals surface area contributed by atoms with Gasteiger partial charge in [-0.2, -0.15) is 8.97 Å². The number of aromatic hydroxyl groups is 1. The molecule has 0 saturated carbocycles. The van der Waals surface area contributed by atoms with Gasteiger partial charge in [0.2, 0.25) is 0 Å². The zero-order valence-electron chi connectivity index (χ0n) is 12.3. The summed E-state index contributed by atoms with van der Waals surface area (Å²) in [7, 11) is 0. The summed E-state index contributed by atoms with van der Waals surface area (Å²) in [5, 5.41) is 12.3. The Labute approximate surface area is 126 Å². The largest absolute Gasteiger partial charge is 0.477 e. The Morgan fingerprint density at radius 3 is 2.95 bits per heavy atom. The number of ether oxygens (including phenoxy) is 2. The third-order valence-electron chi connectivity index (χ3n) is 3.63. The second-order valence-electron chi connectivity index (χ2n) is 5.58. The van der Waals surface area contributed by atoms with Crippen LogP contribution >= 0.6 is 11.3 Å². The van der Waals surface area contributed by atoms with E-state index in [-0.39, 0.29) is 17.5 Å². The molecule has 7 heteroatoms. The van der Waals surface area contributed by atoms with E-state index in [0.717, 1.165) is 0 Å². The SMILES string of the molecule is CCc1c(O)[n+](CC2COC(C)(C)O2)c2sccn2c1=O. The highest BCUT2D eigenvalue weighted by atomic mass is 32.1. The molecule has 1 fully saturated rings. The van der Waals surface area contributed by atoms with E-state index in [1.54, 1.807) is 15.2 Å². The van der Waals surface area contributed by atoms with Crippen molar-refractivity contribution in [1.29, 1.82) is 0 Å². The molecule has 0 aliphatic carbocycles. The molecule has 3 heterocycles. The third kappa shape index (κ3) is 2.45. The van der Waals surface area contributed by atoms with Crippen LogP contribution in [0.4, 0.5) is 0 Å². The Kier molecular flexibility index (Phi) is 3.51. The average Bonchev–Trinajstić information content (AvgIpc) is 3.02. The summed E-state index contributed by atoms with van der Waals surface area (Å²) in [6.45, 7) is 6.51. The van der Waals surface area contributed by atoms with Gasteiger partial charge in [-0.05, 0) is 20.3 Å². The molecule has 0 bridgehead atoms. The lowest BCUT2D eigenvalue weighted by molar-refractivity contribution is -0.686. The van der Waals surface area contributed by atoms with Crippen molar-refractivity contribution in [2.24, 2.45) is 0 Å². The van der Waals surface area contributed by atoms with Crippen molar-refractivity contribution in [3.05, 3.63) is 27.5 Å². The van der Waals surface area contributed by atoms with E-state index in [4.69, 9.17) is 9.47 Å². The van der Waals surface area contributed by atoms with E-state index in [2.05, 4.69) is 0 Å². The van der Waals surface area contributed by atoms with Crippen molar-refractivity contribution in [3.63, 3.8) is 0 Å². The number of nitrogens with zero attached hydrogens (tertiary/aromatic N) is 2. The first kappa shape index (κ1) is 14.5. The van der Waals surface area contributed by atoms with Crippen LogP contribution in [0.1, 0.15) is 26.3 Å². The monoisotopic (exact) mass is 311 g/mol. The van der Waals surface area contributed by atoms with Gasteiger partial charge in [0.05, 0.1) is 6.61 Å². The van der Waals surface area contributed by atoms with E-state index in [1.807, 2.05) is 26.2 Å². The van der Waals surface area contributed by atoms with Gasteiger partial charge in [-0.1, -0.05) is 18.3 Å². The Hall–Kier alpha value is -1.44.